The topological polar surface area (TPSA) is 29.1 Å². The molecule has 0 atom stereocenters. The van der Waals surface area contributed by atoms with Crippen LogP contribution in [0.15, 0.2) is 51.4 Å². The van der Waals surface area contributed by atoms with Gasteiger partial charge in [0.25, 0.3) is 5.91 Å². The molecular formula is C14H10Br2FNO. The molecule has 0 aliphatic heterocycles. The Bertz CT molecular complexity index is 599. The highest BCUT2D eigenvalue weighted by Crippen LogP contribution is 2.21. The minimum absolute atomic E-state index is 0.177. The number of hydrogen-bond acceptors (Lipinski definition) is 1. The molecule has 0 aromatic heterocycles. The van der Waals surface area contributed by atoms with Gasteiger partial charge >= 0.3 is 0 Å². The van der Waals surface area contributed by atoms with Gasteiger partial charge in [0, 0.05) is 15.5 Å². The monoisotopic (exact) mass is 385 g/mol. The van der Waals surface area contributed by atoms with Gasteiger partial charge in [-0.3, -0.25) is 4.79 Å². The van der Waals surface area contributed by atoms with E-state index in [-0.39, 0.29) is 11.7 Å². The third-order valence-corrected chi connectivity index (χ3v) is 3.69. The first kappa shape index (κ1) is 14.2. The van der Waals surface area contributed by atoms with Gasteiger partial charge in [0.1, 0.15) is 5.82 Å². The minimum Gasteiger partial charge on any atom is -0.348 e. The van der Waals surface area contributed by atoms with Crippen LogP contribution in [0.2, 0.25) is 0 Å². The van der Waals surface area contributed by atoms with E-state index in [0.29, 0.717) is 12.1 Å². The first-order valence-corrected chi connectivity index (χ1v) is 7.12. The Morgan fingerprint density at radius 2 is 1.79 bits per heavy atom. The fraction of sp³-hybridized carbons (Fsp3) is 0.0714. The SMILES string of the molecule is O=C(NCc1ccc(F)cc1)c1ccc(Br)cc1Br. The van der Waals surface area contributed by atoms with Crippen molar-refractivity contribution in [2.24, 2.45) is 0 Å². The summed E-state index contributed by atoms with van der Waals surface area (Å²) in [6.45, 7) is 0.363. The number of amides is 1. The van der Waals surface area contributed by atoms with Crippen molar-refractivity contribution in [3.05, 3.63) is 68.4 Å². The summed E-state index contributed by atoms with van der Waals surface area (Å²) in [6.07, 6.45) is 0. The summed E-state index contributed by atoms with van der Waals surface area (Å²) in [5.74, 6) is -0.463. The van der Waals surface area contributed by atoms with Gasteiger partial charge in [-0.1, -0.05) is 28.1 Å². The van der Waals surface area contributed by atoms with Crippen molar-refractivity contribution in [1.82, 2.24) is 5.32 Å². The second-order valence-corrected chi connectivity index (χ2v) is 5.70. The molecule has 5 heteroatoms. The van der Waals surface area contributed by atoms with Crippen molar-refractivity contribution in [3.8, 4) is 0 Å². The average Bonchev–Trinajstić information content (AvgIpc) is 2.37. The molecule has 0 saturated heterocycles. The van der Waals surface area contributed by atoms with Crippen molar-refractivity contribution >= 4 is 37.8 Å². The van der Waals surface area contributed by atoms with Crippen molar-refractivity contribution in [3.63, 3.8) is 0 Å². The fourth-order valence-corrected chi connectivity index (χ4v) is 2.78. The lowest BCUT2D eigenvalue weighted by atomic mass is 10.2. The molecule has 0 saturated carbocycles. The van der Waals surface area contributed by atoms with E-state index in [4.69, 9.17) is 0 Å². The Kier molecular flexibility index (Phi) is 4.71. The quantitative estimate of drug-likeness (QED) is 0.837. The van der Waals surface area contributed by atoms with Crippen molar-refractivity contribution in [2.75, 3.05) is 0 Å². The highest BCUT2D eigenvalue weighted by atomic mass is 79.9. The van der Waals surface area contributed by atoms with Crippen LogP contribution in [0.3, 0.4) is 0 Å². The summed E-state index contributed by atoms with van der Waals surface area (Å²) in [5.41, 5.74) is 1.41. The van der Waals surface area contributed by atoms with Crippen LogP contribution in [0.1, 0.15) is 15.9 Å². The Labute approximate surface area is 127 Å². The van der Waals surface area contributed by atoms with Gasteiger partial charge in [-0.15, -0.1) is 0 Å². The Hall–Kier alpha value is -1.20. The molecule has 2 aromatic carbocycles. The van der Waals surface area contributed by atoms with Gasteiger partial charge < -0.3 is 5.32 Å². The maximum Gasteiger partial charge on any atom is 0.252 e. The number of carbonyl (C=O) groups excluding carboxylic acids is 1. The van der Waals surface area contributed by atoms with E-state index in [9.17, 15) is 9.18 Å². The van der Waals surface area contributed by atoms with E-state index >= 15 is 0 Å². The number of hydrogen-bond donors (Lipinski definition) is 1. The minimum atomic E-state index is -0.286. The zero-order valence-corrected chi connectivity index (χ0v) is 13.0. The Morgan fingerprint density at radius 1 is 1.11 bits per heavy atom. The number of benzene rings is 2. The molecule has 0 aliphatic rings. The van der Waals surface area contributed by atoms with Crippen LogP contribution in [0.25, 0.3) is 0 Å². The van der Waals surface area contributed by atoms with Crippen LogP contribution in [0, 0.1) is 5.82 Å². The first-order chi connectivity index (χ1) is 9.06. The normalized spacial score (nSPS) is 10.3. The smallest absolute Gasteiger partial charge is 0.252 e. The first-order valence-electron chi connectivity index (χ1n) is 5.54. The molecule has 1 N–H and O–H groups in total. The highest BCUT2D eigenvalue weighted by Gasteiger charge is 2.09. The summed E-state index contributed by atoms with van der Waals surface area (Å²) in [5, 5.41) is 2.79. The van der Waals surface area contributed by atoms with Gasteiger partial charge in [0.05, 0.1) is 5.56 Å². The van der Waals surface area contributed by atoms with E-state index < -0.39 is 0 Å². The molecule has 0 heterocycles. The van der Waals surface area contributed by atoms with Crippen molar-refractivity contribution in [1.29, 1.82) is 0 Å². The number of rotatable bonds is 3. The average molecular weight is 387 g/mol. The zero-order valence-electron chi connectivity index (χ0n) is 9.79. The largest absolute Gasteiger partial charge is 0.348 e. The molecule has 0 spiro atoms. The molecule has 0 bridgehead atoms. The Morgan fingerprint density at radius 3 is 2.42 bits per heavy atom. The number of halogens is 3. The van der Waals surface area contributed by atoms with E-state index in [1.165, 1.54) is 12.1 Å². The van der Waals surface area contributed by atoms with Gasteiger partial charge in [0.15, 0.2) is 0 Å². The zero-order chi connectivity index (χ0) is 13.8. The fourth-order valence-electron chi connectivity index (χ4n) is 1.55. The summed E-state index contributed by atoms with van der Waals surface area (Å²) >= 11 is 6.67. The maximum atomic E-state index is 12.7. The summed E-state index contributed by atoms with van der Waals surface area (Å²) in [4.78, 5) is 12.0. The molecule has 0 fully saturated rings. The standard InChI is InChI=1S/C14H10Br2FNO/c15-10-3-6-12(13(16)7-10)14(19)18-8-9-1-4-11(17)5-2-9/h1-7H,8H2,(H,18,19). The molecular weight excluding hydrogens is 377 g/mol. The van der Waals surface area contributed by atoms with E-state index in [2.05, 4.69) is 37.2 Å². The molecule has 2 aromatic rings. The van der Waals surface area contributed by atoms with E-state index in [1.807, 2.05) is 6.07 Å². The highest BCUT2D eigenvalue weighted by molar-refractivity contribution is 9.11. The van der Waals surface area contributed by atoms with Crippen LogP contribution in [-0.2, 0) is 6.54 Å². The number of carbonyl (C=O) groups is 1. The molecule has 19 heavy (non-hydrogen) atoms. The van der Waals surface area contributed by atoms with Crippen molar-refractivity contribution in [2.45, 2.75) is 6.54 Å². The predicted octanol–water partition coefficient (Wildman–Crippen LogP) is 4.28. The van der Waals surface area contributed by atoms with Gasteiger partial charge in [-0.25, -0.2) is 4.39 Å². The third-order valence-electron chi connectivity index (χ3n) is 2.54. The van der Waals surface area contributed by atoms with E-state index in [1.54, 1.807) is 24.3 Å². The summed E-state index contributed by atoms with van der Waals surface area (Å²) in [7, 11) is 0. The molecule has 2 rings (SSSR count). The molecule has 0 radical (unpaired) electrons. The molecule has 0 unspecified atom stereocenters. The predicted molar refractivity (Wildman–Crippen MR) is 79.4 cm³/mol. The molecule has 0 aliphatic carbocycles. The van der Waals surface area contributed by atoms with Crippen LogP contribution in [-0.4, -0.2) is 5.91 Å². The summed E-state index contributed by atoms with van der Waals surface area (Å²) < 4.78 is 14.4. The van der Waals surface area contributed by atoms with Gasteiger partial charge in [-0.05, 0) is 51.8 Å². The van der Waals surface area contributed by atoms with Crippen LogP contribution < -0.4 is 5.32 Å². The van der Waals surface area contributed by atoms with Crippen LogP contribution in [0.4, 0.5) is 4.39 Å². The lowest BCUT2D eigenvalue weighted by Gasteiger charge is -2.07. The number of nitrogens with one attached hydrogen (secondary N) is 1. The van der Waals surface area contributed by atoms with E-state index in [0.717, 1.165) is 14.5 Å². The van der Waals surface area contributed by atoms with Crippen LogP contribution >= 0.6 is 31.9 Å². The van der Waals surface area contributed by atoms with Gasteiger partial charge in [-0.2, -0.15) is 0 Å². The maximum absolute atomic E-state index is 12.7. The van der Waals surface area contributed by atoms with Crippen LogP contribution in [0.5, 0.6) is 0 Å². The van der Waals surface area contributed by atoms with Crippen molar-refractivity contribution < 1.29 is 9.18 Å². The molecule has 1 amide bonds. The summed E-state index contributed by atoms with van der Waals surface area (Å²) in [6, 6.07) is 11.4. The second-order valence-electron chi connectivity index (χ2n) is 3.93. The third kappa shape index (κ3) is 3.88. The second kappa shape index (κ2) is 6.30. The van der Waals surface area contributed by atoms with Gasteiger partial charge in [0.2, 0.25) is 0 Å². The lowest BCUT2D eigenvalue weighted by molar-refractivity contribution is 0.0950. The molecule has 2 nitrogen and oxygen atoms in total. The Balaban J connectivity index is 2.03. The lowest BCUT2D eigenvalue weighted by Crippen LogP contribution is -2.23. The molecule has 98 valence electrons.